The van der Waals surface area contributed by atoms with Crippen molar-refractivity contribution in [1.82, 2.24) is 10.3 Å². The molecule has 1 unspecified atom stereocenters. The van der Waals surface area contributed by atoms with Crippen LogP contribution in [0, 0.1) is 13.8 Å². The molecule has 2 aromatic heterocycles. The number of aryl methyl sites for hydroxylation is 1. The fourth-order valence-corrected chi connectivity index (χ4v) is 2.48. The molecule has 0 amide bonds. The molecule has 0 spiro atoms. The first-order valence-electron chi connectivity index (χ1n) is 6.93. The Morgan fingerprint density at radius 3 is 2.80 bits per heavy atom. The Balaban J connectivity index is 2.27. The van der Waals surface area contributed by atoms with Gasteiger partial charge < -0.3 is 14.5 Å². The molecule has 0 saturated heterocycles. The third-order valence-corrected chi connectivity index (χ3v) is 3.48. The van der Waals surface area contributed by atoms with Crippen molar-refractivity contribution in [2.45, 2.75) is 33.2 Å². The molecule has 108 valence electrons. The van der Waals surface area contributed by atoms with Crippen molar-refractivity contribution in [3.8, 4) is 5.75 Å². The molecule has 1 atom stereocenters. The lowest BCUT2D eigenvalue weighted by atomic mass is 10.0. The van der Waals surface area contributed by atoms with Gasteiger partial charge in [0.25, 0.3) is 0 Å². The van der Waals surface area contributed by atoms with Gasteiger partial charge in [-0.2, -0.15) is 0 Å². The summed E-state index contributed by atoms with van der Waals surface area (Å²) in [6.45, 7) is 7.04. The maximum Gasteiger partial charge on any atom is 0.128 e. The van der Waals surface area contributed by atoms with Crippen LogP contribution in [0.4, 0.5) is 0 Å². The molecule has 0 aliphatic rings. The molecule has 0 radical (unpaired) electrons. The highest BCUT2D eigenvalue weighted by Gasteiger charge is 2.18. The van der Waals surface area contributed by atoms with Gasteiger partial charge in [-0.3, -0.25) is 4.98 Å². The van der Waals surface area contributed by atoms with E-state index in [1.807, 2.05) is 25.3 Å². The molecule has 4 nitrogen and oxygen atoms in total. The molecule has 0 aliphatic carbocycles. The first-order chi connectivity index (χ1) is 9.67. The van der Waals surface area contributed by atoms with Crippen LogP contribution in [-0.2, 0) is 6.42 Å². The van der Waals surface area contributed by atoms with Crippen LogP contribution in [0.5, 0.6) is 5.75 Å². The van der Waals surface area contributed by atoms with Crippen molar-refractivity contribution in [2.75, 3.05) is 13.7 Å². The quantitative estimate of drug-likeness (QED) is 0.878. The highest BCUT2D eigenvalue weighted by molar-refractivity contribution is 5.41. The number of hydrogen-bond acceptors (Lipinski definition) is 4. The fourth-order valence-electron chi connectivity index (χ4n) is 2.48. The van der Waals surface area contributed by atoms with E-state index in [2.05, 4.69) is 24.1 Å². The summed E-state index contributed by atoms with van der Waals surface area (Å²) in [6, 6.07) is 4.04. The summed E-state index contributed by atoms with van der Waals surface area (Å²) in [5.74, 6) is 1.86. The second-order valence-corrected chi connectivity index (χ2v) is 4.88. The van der Waals surface area contributed by atoms with E-state index < -0.39 is 0 Å². The number of pyridine rings is 1. The number of likely N-dealkylation sites (N-methyl/N-ethyl adjacent to an activating group) is 1. The number of hydrogen-bond donors (Lipinski definition) is 1. The van der Waals surface area contributed by atoms with Crippen LogP contribution in [-0.4, -0.2) is 18.6 Å². The van der Waals surface area contributed by atoms with Gasteiger partial charge in [0.2, 0.25) is 0 Å². The average Bonchev–Trinajstić information content (AvgIpc) is 2.95. The fraction of sp³-hybridized carbons (Fsp3) is 0.438. The minimum absolute atomic E-state index is 0.133. The predicted molar refractivity (Wildman–Crippen MR) is 79.1 cm³/mol. The second kappa shape index (κ2) is 6.57. The van der Waals surface area contributed by atoms with Gasteiger partial charge in [-0.25, -0.2) is 0 Å². The number of nitrogens with one attached hydrogen (secondary N) is 1. The number of ether oxygens (including phenoxy) is 1. The maximum atomic E-state index is 5.52. The van der Waals surface area contributed by atoms with Crippen LogP contribution in [0.3, 0.4) is 0 Å². The predicted octanol–water partition coefficient (Wildman–Crippen LogP) is 3.19. The van der Waals surface area contributed by atoms with E-state index in [9.17, 15) is 0 Å². The lowest BCUT2D eigenvalue weighted by molar-refractivity contribution is 0.400. The summed E-state index contributed by atoms with van der Waals surface area (Å²) in [5.41, 5.74) is 3.20. The number of furan rings is 1. The molecular weight excluding hydrogens is 252 g/mol. The lowest BCUT2D eigenvalue weighted by Crippen LogP contribution is -2.23. The average molecular weight is 274 g/mol. The van der Waals surface area contributed by atoms with Crippen LogP contribution in [0.1, 0.15) is 35.5 Å². The van der Waals surface area contributed by atoms with Gasteiger partial charge in [-0.1, -0.05) is 6.92 Å². The largest absolute Gasteiger partial charge is 0.496 e. The Morgan fingerprint density at radius 2 is 2.20 bits per heavy atom. The van der Waals surface area contributed by atoms with E-state index in [0.717, 1.165) is 41.3 Å². The first-order valence-corrected chi connectivity index (χ1v) is 6.93. The molecule has 2 heterocycles. The van der Waals surface area contributed by atoms with Gasteiger partial charge in [0.1, 0.15) is 11.5 Å². The van der Waals surface area contributed by atoms with Gasteiger partial charge in [-0.05, 0) is 32.5 Å². The molecule has 2 rings (SSSR count). The van der Waals surface area contributed by atoms with Gasteiger partial charge in [-0.15, -0.1) is 0 Å². The normalized spacial score (nSPS) is 12.4. The highest BCUT2D eigenvalue weighted by Crippen LogP contribution is 2.27. The van der Waals surface area contributed by atoms with Crippen molar-refractivity contribution in [3.05, 3.63) is 47.2 Å². The Bertz CT molecular complexity index is 550. The number of nitrogens with zero attached hydrogens (tertiary/aromatic N) is 1. The van der Waals surface area contributed by atoms with E-state index in [1.165, 1.54) is 0 Å². The molecule has 0 bridgehead atoms. The topological polar surface area (TPSA) is 47.3 Å². The molecule has 20 heavy (non-hydrogen) atoms. The Kier molecular flexibility index (Phi) is 4.79. The zero-order valence-corrected chi connectivity index (χ0v) is 12.6. The van der Waals surface area contributed by atoms with Gasteiger partial charge >= 0.3 is 0 Å². The molecule has 0 saturated carbocycles. The smallest absolute Gasteiger partial charge is 0.128 e. The van der Waals surface area contributed by atoms with E-state index in [-0.39, 0.29) is 6.04 Å². The molecular formula is C16H22N2O2. The van der Waals surface area contributed by atoms with Gasteiger partial charge in [0, 0.05) is 29.4 Å². The molecule has 0 fully saturated rings. The van der Waals surface area contributed by atoms with Crippen LogP contribution in [0.25, 0.3) is 0 Å². The lowest BCUT2D eigenvalue weighted by Gasteiger charge is -2.18. The van der Waals surface area contributed by atoms with E-state index >= 15 is 0 Å². The number of aromatic nitrogens is 1. The highest BCUT2D eigenvalue weighted by atomic mass is 16.5. The standard InChI is InChI=1S/C16H22N2O2/c1-5-17-14(15-7-6-8-20-15)9-13-12(3)16(19-4)11(2)10-18-13/h6-8,10,14,17H,5,9H2,1-4H3. The monoisotopic (exact) mass is 274 g/mol. The minimum atomic E-state index is 0.133. The summed E-state index contributed by atoms with van der Waals surface area (Å²) < 4.78 is 11.0. The summed E-state index contributed by atoms with van der Waals surface area (Å²) in [4.78, 5) is 4.56. The zero-order valence-electron chi connectivity index (χ0n) is 12.6. The van der Waals surface area contributed by atoms with Crippen molar-refractivity contribution in [3.63, 3.8) is 0 Å². The Morgan fingerprint density at radius 1 is 1.40 bits per heavy atom. The van der Waals surface area contributed by atoms with E-state index in [0.29, 0.717) is 0 Å². The van der Waals surface area contributed by atoms with Crippen LogP contribution in [0.2, 0.25) is 0 Å². The summed E-state index contributed by atoms with van der Waals surface area (Å²) in [6.07, 6.45) is 4.35. The van der Waals surface area contributed by atoms with Crippen molar-refractivity contribution < 1.29 is 9.15 Å². The molecule has 0 aliphatic heterocycles. The van der Waals surface area contributed by atoms with Crippen LogP contribution < -0.4 is 10.1 Å². The number of methoxy groups -OCH3 is 1. The molecule has 0 aromatic carbocycles. The maximum absolute atomic E-state index is 5.52. The summed E-state index contributed by atoms with van der Waals surface area (Å²) in [7, 11) is 1.70. The first kappa shape index (κ1) is 14.6. The number of rotatable bonds is 6. The molecule has 1 N–H and O–H groups in total. The minimum Gasteiger partial charge on any atom is -0.496 e. The van der Waals surface area contributed by atoms with Crippen LogP contribution >= 0.6 is 0 Å². The van der Waals surface area contributed by atoms with Crippen molar-refractivity contribution >= 4 is 0 Å². The Hall–Kier alpha value is -1.81. The zero-order chi connectivity index (χ0) is 14.5. The Labute approximate surface area is 120 Å². The van der Waals surface area contributed by atoms with Gasteiger partial charge in [0.05, 0.1) is 19.4 Å². The SMILES string of the molecule is CCNC(Cc1ncc(C)c(OC)c1C)c1ccco1. The molecule has 2 aromatic rings. The van der Waals surface area contributed by atoms with E-state index in [1.54, 1.807) is 13.4 Å². The second-order valence-electron chi connectivity index (χ2n) is 4.88. The third kappa shape index (κ3) is 3.02. The van der Waals surface area contributed by atoms with Crippen molar-refractivity contribution in [2.24, 2.45) is 0 Å². The van der Waals surface area contributed by atoms with Crippen molar-refractivity contribution in [1.29, 1.82) is 0 Å². The molecule has 4 heteroatoms. The van der Waals surface area contributed by atoms with Gasteiger partial charge in [0.15, 0.2) is 0 Å². The third-order valence-electron chi connectivity index (χ3n) is 3.48. The van der Waals surface area contributed by atoms with E-state index in [4.69, 9.17) is 9.15 Å². The van der Waals surface area contributed by atoms with Crippen LogP contribution in [0.15, 0.2) is 29.0 Å². The summed E-state index contributed by atoms with van der Waals surface area (Å²) in [5, 5.41) is 3.44. The summed E-state index contributed by atoms with van der Waals surface area (Å²) >= 11 is 0.